The van der Waals surface area contributed by atoms with Crippen molar-refractivity contribution in [3.8, 4) is 0 Å². The van der Waals surface area contributed by atoms with Crippen molar-refractivity contribution in [1.82, 2.24) is 0 Å². The van der Waals surface area contributed by atoms with Crippen LogP contribution in [0.25, 0.3) is 0 Å². The van der Waals surface area contributed by atoms with Gasteiger partial charge in [-0.05, 0) is 0 Å². The second-order valence-corrected chi connectivity index (χ2v) is 5.69. The van der Waals surface area contributed by atoms with E-state index in [1.165, 1.54) is 0 Å². The highest BCUT2D eigenvalue weighted by molar-refractivity contribution is 5.17. The third kappa shape index (κ3) is 3.42. The van der Waals surface area contributed by atoms with Gasteiger partial charge in [0.15, 0.2) is 0 Å². The van der Waals surface area contributed by atoms with Crippen LogP contribution in [0.3, 0.4) is 0 Å². The molecule has 0 atom stereocenters. The van der Waals surface area contributed by atoms with Gasteiger partial charge in [-0.3, -0.25) is 0 Å². The first-order chi connectivity index (χ1) is 13.2. The smallest absolute Gasteiger partial charge is 0.354 e. The molecular weight excluding hydrogens is 532 g/mol. The zero-order chi connectivity index (χ0) is 27.0. The Hall–Kier alpha value is -1.48. The SMILES string of the molecule is OC(O)(C(F)(F)F)C(F)(F)C(F)(F)C(F)(F)C(F)(F)C(F)(F)C(F)(F)C(F)(F)C(F)(F)F. The number of hydrogen-bond donors (Lipinski definition) is 2. The molecule has 0 radical (unpaired) electrons. The molecule has 0 aliphatic rings. The lowest BCUT2D eigenvalue weighted by Crippen LogP contribution is -2.77. The molecule has 22 heteroatoms. The number of halogens is 20. The van der Waals surface area contributed by atoms with Gasteiger partial charge in [-0.25, -0.2) is 0 Å². The molecular formula is C10H2F20O2. The second kappa shape index (κ2) is 7.01. The van der Waals surface area contributed by atoms with Gasteiger partial charge in [0.2, 0.25) is 0 Å². The fraction of sp³-hybridized carbons (Fsp3) is 1.00. The molecule has 194 valence electrons. The largest absolute Gasteiger partial charge is 0.460 e. The normalized spacial score (nSPS) is 17.1. The van der Waals surface area contributed by atoms with E-state index in [2.05, 4.69) is 0 Å². The minimum absolute atomic E-state index is 7.49. The number of rotatable bonds is 7. The first-order valence-corrected chi connectivity index (χ1v) is 6.48. The van der Waals surface area contributed by atoms with Crippen LogP contribution in [0.1, 0.15) is 0 Å². The highest BCUT2D eigenvalue weighted by atomic mass is 19.4. The fourth-order valence-electron chi connectivity index (χ4n) is 1.56. The maximum Gasteiger partial charge on any atom is 0.460 e. The van der Waals surface area contributed by atoms with Gasteiger partial charge in [-0.15, -0.1) is 0 Å². The predicted molar refractivity (Wildman–Crippen MR) is 53.9 cm³/mol. The average Bonchev–Trinajstić information content (AvgIpc) is 2.51. The molecule has 0 rings (SSSR count). The van der Waals surface area contributed by atoms with Gasteiger partial charge in [-0.2, -0.15) is 87.8 Å². The highest BCUT2D eigenvalue weighted by Gasteiger charge is 2.97. The summed E-state index contributed by atoms with van der Waals surface area (Å²) in [6.45, 7) is 0. The summed E-state index contributed by atoms with van der Waals surface area (Å²) in [7, 11) is 0. The van der Waals surface area contributed by atoms with Crippen LogP contribution in [0.2, 0.25) is 0 Å². The molecule has 0 aliphatic heterocycles. The molecule has 0 bridgehead atoms. The molecule has 0 unspecified atom stereocenters. The maximum atomic E-state index is 13.2. The summed E-state index contributed by atoms with van der Waals surface area (Å²) in [6, 6.07) is 0. The molecule has 0 aromatic heterocycles. The van der Waals surface area contributed by atoms with Crippen LogP contribution in [0.15, 0.2) is 0 Å². The van der Waals surface area contributed by atoms with Crippen LogP contribution in [0, 0.1) is 0 Å². The van der Waals surface area contributed by atoms with E-state index in [-0.39, 0.29) is 0 Å². The quantitative estimate of drug-likeness (QED) is 0.347. The summed E-state index contributed by atoms with van der Waals surface area (Å²) >= 11 is 0. The molecule has 32 heavy (non-hydrogen) atoms. The van der Waals surface area contributed by atoms with Gasteiger partial charge in [-0.1, -0.05) is 0 Å². The molecule has 0 amide bonds. The third-order valence-electron chi connectivity index (χ3n) is 3.56. The monoisotopic (exact) mass is 534 g/mol. The average molecular weight is 534 g/mol. The molecule has 0 saturated heterocycles. The van der Waals surface area contributed by atoms with Crippen LogP contribution in [-0.2, 0) is 0 Å². The van der Waals surface area contributed by atoms with Gasteiger partial charge in [0.1, 0.15) is 0 Å². The summed E-state index contributed by atoms with van der Waals surface area (Å²) in [4.78, 5) is 0. The minimum atomic E-state index is -9.13. The molecule has 2 N–H and O–H groups in total. The van der Waals surface area contributed by atoms with E-state index >= 15 is 0 Å². The Kier molecular flexibility index (Phi) is 6.69. The van der Waals surface area contributed by atoms with Crippen molar-refractivity contribution in [3.63, 3.8) is 0 Å². The lowest BCUT2D eigenvalue weighted by molar-refractivity contribution is -0.495. The van der Waals surface area contributed by atoms with Crippen LogP contribution in [0.5, 0.6) is 0 Å². The standard InChI is InChI=1S/C10H2F20O2/c11-1(12,3(15,16)5(19,20)7(23,24)9(25,26)27)2(13,14)4(17,18)6(21,22)8(31,32)10(28,29)30/h31-32H. The Balaban J connectivity index is 7.00. The van der Waals surface area contributed by atoms with E-state index in [0.29, 0.717) is 0 Å². The predicted octanol–water partition coefficient (Wildman–Crippen LogP) is 5.24. The Morgan fingerprint density at radius 1 is 0.250 bits per heavy atom. The van der Waals surface area contributed by atoms with Gasteiger partial charge in [0, 0.05) is 0 Å². The molecule has 0 spiro atoms. The molecule has 0 aromatic rings. The summed E-state index contributed by atoms with van der Waals surface area (Å²) in [5, 5.41) is 15.9. The maximum absolute atomic E-state index is 13.2. The molecule has 2 nitrogen and oxygen atoms in total. The summed E-state index contributed by atoms with van der Waals surface area (Å²) < 4.78 is 253. The lowest BCUT2D eigenvalue weighted by Gasteiger charge is -2.44. The summed E-state index contributed by atoms with van der Waals surface area (Å²) in [5.41, 5.74) is 0. The topological polar surface area (TPSA) is 40.5 Å². The second-order valence-electron chi connectivity index (χ2n) is 5.69. The van der Waals surface area contributed by atoms with Crippen molar-refractivity contribution in [2.24, 2.45) is 0 Å². The van der Waals surface area contributed by atoms with Gasteiger partial charge < -0.3 is 10.2 Å². The van der Waals surface area contributed by atoms with Gasteiger partial charge in [0.05, 0.1) is 0 Å². The van der Waals surface area contributed by atoms with Crippen molar-refractivity contribution in [2.75, 3.05) is 0 Å². The van der Waals surface area contributed by atoms with Gasteiger partial charge >= 0.3 is 59.6 Å². The Morgan fingerprint density at radius 2 is 0.438 bits per heavy atom. The molecule has 0 saturated carbocycles. The number of aliphatic hydroxyl groups is 2. The van der Waals surface area contributed by atoms with Crippen molar-refractivity contribution >= 4 is 0 Å². The van der Waals surface area contributed by atoms with E-state index in [1.807, 2.05) is 0 Å². The molecule has 0 heterocycles. The van der Waals surface area contributed by atoms with Crippen LogP contribution < -0.4 is 0 Å². The lowest BCUT2D eigenvalue weighted by atomic mass is 9.86. The van der Waals surface area contributed by atoms with Gasteiger partial charge in [0.25, 0.3) is 0 Å². The van der Waals surface area contributed by atoms with Crippen molar-refractivity contribution in [1.29, 1.82) is 0 Å². The van der Waals surface area contributed by atoms with E-state index in [4.69, 9.17) is 10.2 Å². The Bertz CT molecular complexity index is 636. The molecule has 0 fully saturated rings. The van der Waals surface area contributed by atoms with E-state index in [0.717, 1.165) is 0 Å². The van der Waals surface area contributed by atoms with Crippen LogP contribution in [-0.4, -0.2) is 69.8 Å². The first-order valence-electron chi connectivity index (χ1n) is 6.48. The zero-order valence-corrected chi connectivity index (χ0v) is 13.5. The number of alkyl halides is 20. The first kappa shape index (κ1) is 30.5. The van der Waals surface area contributed by atoms with Crippen LogP contribution in [0.4, 0.5) is 87.8 Å². The molecule has 0 aromatic carbocycles. The minimum Gasteiger partial charge on any atom is -0.354 e. The highest BCUT2D eigenvalue weighted by Crippen LogP contribution is 2.65. The Labute approximate surface area is 159 Å². The van der Waals surface area contributed by atoms with Crippen molar-refractivity contribution in [2.45, 2.75) is 59.6 Å². The fourth-order valence-corrected chi connectivity index (χ4v) is 1.56. The van der Waals surface area contributed by atoms with Crippen LogP contribution >= 0.6 is 0 Å². The zero-order valence-electron chi connectivity index (χ0n) is 13.5. The van der Waals surface area contributed by atoms with Crippen molar-refractivity contribution < 1.29 is 98.0 Å². The third-order valence-corrected chi connectivity index (χ3v) is 3.56. The van der Waals surface area contributed by atoms with E-state index < -0.39 is 59.6 Å². The molecule has 0 aliphatic carbocycles. The summed E-state index contributed by atoms with van der Waals surface area (Å²) in [5.74, 6) is -69.3. The number of hydrogen-bond acceptors (Lipinski definition) is 2. The van der Waals surface area contributed by atoms with E-state index in [9.17, 15) is 87.8 Å². The summed E-state index contributed by atoms with van der Waals surface area (Å²) in [6.07, 6.45) is -15.6. The van der Waals surface area contributed by atoms with E-state index in [1.54, 1.807) is 0 Å². The van der Waals surface area contributed by atoms with Crippen molar-refractivity contribution in [3.05, 3.63) is 0 Å². The Morgan fingerprint density at radius 3 is 0.625 bits per heavy atom.